The van der Waals surface area contributed by atoms with E-state index in [0.717, 1.165) is 19.3 Å². The molecule has 0 atom stereocenters. The molecule has 0 unspecified atom stereocenters. The number of amides is 1. The lowest BCUT2D eigenvalue weighted by Gasteiger charge is -2.15. The Bertz CT molecular complexity index is 1310. The summed E-state index contributed by atoms with van der Waals surface area (Å²) in [5.41, 5.74) is 1.01. The molecule has 1 fully saturated rings. The number of carbonyl (C=O) groups excluding carboxylic acids is 1. The smallest absolute Gasteiger partial charge is 0.262 e. The summed E-state index contributed by atoms with van der Waals surface area (Å²) < 4.78 is 28.4. The van der Waals surface area contributed by atoms with Crippen LogP contribution in [0.5, 0.6) is 0 Å². The van der Waals surface area contributed by atoms with Gasteiger partial charge >= 0.3 is 0 Å². The van der Waals surface area contributed by atoms with Gasteiger partial charge in [0.25, 0.3) is 5.56 Å². The Balaban J connectivity index is 1.44. The van der Waals surface area contributed by atoms with Crippen molar-refractivity contribution in [1.29, 1.82) is 0 Å². The second-order valence-corrected chi connectivity index (χ2v) is 10.7. The first-order valence-electron chi connectivity index (χ1n) is 10.9. The molecule has 1 aromatic heterocycles. The Kier molecular flexibility index (Phi) is 7.16. The van der Waals surface area contributed by atoms with Gasteiger partial charge in [0.05, 0.1) is 21.6 Å². The molecule has 2 heterocycles. The van der Waals surface area contributed by atoms with Crippen LogP contribution >= 0.6 is 11.8 Å². The summed E-state index contributed by atoms with van der Waals surface area (Å²) in [4.78, 5) is 30.2. The van der Waals surface area contributed by atoms with Gasteiger partial charge in [0.2, 0.25) is 15.9 Å². The van der Waals surface area contributed by atoms with Crippen molar-refractivity contribution in [3.05, 3.63) is 58.9 Å². The Morgan fingerprint density at radius 1 is 1.09 bits per heavy atom. The highest BCUT2D eigenvalue weighted by Crippen LogP contribution is 2.23. The van der Waals surface area contributed by atoms with Crippen molar-refractivity contribution < 1.29 is 13.2 Å². The van der Waals surface area contributed by atoms with Crippen LogP contribution in [-0.2, 0) is 21.4 Å². The number of hydrogen-bond donors (Lipinski definition) is 1. The maximum Gasteiger partial charge on any atom is 0.262 e. The maximum atomic E-state index is 12.8. The van der Waals surface area contributed by atoms with Gasteiger partial charge in [0.1, 0.15) is 0 Å². The van der Waals surface area contributed by atoms with E-state index < -0.39 is 10.0 Å². The molecule has 174 valence electrons. The Labute approximate surface area is 197 Å². The van der Waals surface area contributed by atoms with Crippen LogP contribution in [0.4, 0.5) is 5.69 Å². The number of rotatable bonds is 8. The van der Waals surface area contributed by atoms with Crippen LogP contribution in [0, 0.1) is 0 Å². The van der Waals surface area contributed by atoms with E-state index in [9.17, 15) is 18.0 Å². The van der Waals surface area contributed by atoms with Crippen molar-refractivity contribution in [2.24, 2.45) is 0 Å². The van der Waals surface area contributed by atoms with Gasteiger partial charge in [0, 0.05) is 25.3 Å². The molecular weight excluding hydrogens is 460 g/mol. The number of benzene rings is 2. The Morgan fingerprint density at radius 3 is 2.48 bits per heavy atom. The number of hydrogen-bond acceptors (Lipinski definition) is 6. The van der Waals surface area contributed by atoms with E-state index >= 15 is 0 Å². The molecule has 1 saturated heterocycles. The van der Waals surface area contributed by atoms with Crippen molar-refractivity contribution in [1.82, 2.24) is 13.9 Å². The molecule has 1 N–H and O–H groups in total. The maximum absolute atomic E-state index is 12.8. The molecule has 3 aromatic rings. The van der Waals surface area contributed by atoms with Crippen molar-refractivity contribution in [2.45, 2.75) is 42.8 Å². The van der Waals surface area contributed by atoms with E-state index in [1.165, 1.54) is 28.2 Å². The summed E-state index contributed by atoms with van der Waals surface area (Å²) in [5.74, 6) is -0.192. The molecule has 4 rings (SSSR count). The van der Waals surface area contributed by atoms with Gasteiger partial charge in [-0.1, -0.05) is 30.8 Å². The first-order valence-corrected chi connectivity index (χ1v) is 13.3. The summed E-state index contributed by atoms with van der Waals surface area (Å²) in [6.45, 7) is 3.60. The van der Waals surface area contributed by atoms with Crippen LogP contribution < -0.4 is 10.9 Å². The minimum Gasteiger partial charge on any atom is -0.325 e. The number of sulfonamides is 1. The first kappa shape index (κ1) is 23.5. The van der Waals surface area contributed by atoms with E-state index in [4.69, 9.17) is 0 Å². The highest BCUT2D eigenvalue weighted by molar-refractivity contribution is 7.99. The number of aromatic nitrogens is 2. The summed E-state index contributed by atoms with van der Waals surface area (Å²) in [7, 11) is -3.49. The largest absolute Gasteiger partial charge is 0.325 e. The molecule has 1 aliphatic heterocycles. The molecule has 0 saturated carbocycles. The lowest BCUT2D eigenvalue weighted by molar-refractivity contribution is -0.113. The zero-order chi connectivity index (χ0) is 23.4. The normalized spacial score (nSPS) is 14.6. The Morgan fingerprint density at radius 2 is 1.79 bits per heavy atom. The topological polar surface area (TPSA) is 101 Å². The van der Waals surface area contributed by atoms with Gasteiger partial charge < -0.3 is 5.32 Å². The van der Waals surface area contributed by atoms with Crippen LogP contribution in [0.2, 0.25) is 0 Å². The third-order valence-electron chi connectivity index (χ3n) is 5.45. The zero-order valence-electron chi connectivity index (χ0n) is 18.4. The molecule has 2 aromatic carbocycles. The Hall–Kier alpha value is -2.69. The molecule has 10 heteroatoms. The molecular formula is C23H26N4O4S2. The van der Waals surface area contributed by atoms with Crippen LogP contribution in [0.25, 0.3) is 10.9 Å². The van der Waals surface area contributed by atoms with E-state index in [1.54, 1.807) is 28.8 Å². The minimum absolute atomic E-state index is 0.0717. The molecule has 1 amide bonds. The quantitative estimate of drug-likeness (QED) is 0.387. The number of para-hydroxylation sites is 1. The summed E-state index contributed by atoms with van der Waals surface area (Å²) in [5, 5.41) is 3.84. The SMILES string of the molecule is CCCn1c(SCC(=O)Nc2ccc(S(=O)(=O)N3CCCC3)cc2)nc2ccccc2c1=O. The van der Waals surface area contributed by atoms with Crippen LogP contribution in [0.3, 0.4) is 0 Å². The van der Waals surface area contributed by atoms with Crippen LogP contribution in [0.15, 0.2) is 63.4 Å². The van der Waals surface area contributed by atoms with Gasteiger partial charge in [0.15, 0.2) is 5.16 Å². The van der Waals surface area contributed by atoms with Crippen molar-refractivity contribution >= 4 is 44.3 Å². The fourth-order valence-corrected chi connectivity index (χ4v) is 6.14. The van der Waals surface area contributed by atoms with Gasteiger partial charge in [-0.25, -0.2) is 13.4 Å². The van der Waals surface area contributed by atoms with E-state index in [2.05, 4.69) is 10.3 Å². The number of nitrogens with zero attached hydrogens (tertiary/aromatic N) is 3. The lowest BCUT2D eigenvalue weighted by Crippen LogP contribution is -2.27. The third-order valence-corrected chi connectivity index (χ3v) is 8.34. The number of fused-ring (bicyclic) bond motifs is 1. The standard InChI is InChI=1S/C23H26N4O4S2/c1-2-13-27-22(29)19-7-3-4-8-20(19)25-23(27)32-16-21(28)24-17-9-11-18(12-10-17)33(30,31)26-14-5-6-15-26/h3-4,7-12H,2,5-6,13-16H2,1H3,(H,24,28). The summed E-state index contributed by atoms with van der Waals surface area (Å²) >= 11 is 1.20. The highest BCUT2D eigenvalue weighted by Gasteiger charge is 2.27. The fourth-order valence-electron chi connectivity index (χ4n) is 3.79. The van der Waals surface area contributed by atoms with Gasteiger partial charge in [-0.05, 0) is 55.7 Å². The van der Waals surface area contributed by atoms with Gasteiger partial charge in [-0.15, -0.1) is 0 Å². The molecule has 0 aliphatic carbocycles. The lowest BCUT2D eigenvalue weighted by atomic mass is 10.2. The van der Waals surface area contributed by atoms with Crippen molar-refractivity contribution in [3.8, 4) is 0 Å². The molecule has 0 bridgehead atoms. The molecule has 8 nitrogen and oxygen atoms in total. The first-order chi connectivity index (χ1) is 15.9. The van der Waals surface area contributed by atoms with E-state index in [0.29, 0.717) is 41.4 Å². The number of thioether (sulfide) groups is 1. The highest BCUT2D eigenvalue weighted by atomic mass is 32.2. The second-order valence-electron chi connectivity index (χ2n) is 7.84. The van der Waals surface area contributed by atoms with Crippen molar-refractivity contribution in [2.75, 3.05) is 24.2 Å². The fraction of sp³-hybridized carbons (Fsp3) is 0.348. The average Bonchev–Trinajstić information content (AvgIpc) is 3.36. The predicted octanol–water partition coefficient (Wildman–Crippen LogP) is 3.32. The summed E-state index contributed by atoms with van der Waals surface area (Å²) in [6.07, 6.45) is 2.53. The van der Waals surface area contributed by atoms with Crippen molar-refractivity contribution in [3.63, 3.8) is 0 Å². The van der Waals surface area contributed by atoms with E-state index in [1.807, 2.05) is 19.1 Å². The van der Waals surface area contributed by atoms with Gasteiger partial charge in [-0.2, -0.15) is 4.31 Å². The molecule has 1 aliphatic rings. The zero-order valence-corrected chi connectivity index (χ0v) is 20.0. The summed E-state index contributed by atoms with van der Waals surface area (Å²) in [6, 6.07) is 13.4. The number of anilines is 1. The number of carbonyl (C=O) groups is 1. The monoisotopic (exact) mass is 486 g/mol. The predicted molar refractivity (Wildman–Crippen MR) is 130 cm³/mol. The molecule has 33 heavy (non-hydrogen) atoms. The number of nitrogens with one attached hydrogen (secondary N) is 1. The molecule has 0 spiro atoms. The average molecular weight is 487 g/mol. The molecule has 0 radical (unpaired) electrons. The van der Waals surface area contributed by atoms with Crippen LogP contribution in [-0.4, -0.2) is 47.0 Å². The van der Waals surface area contributed by atoms with Gasteiger partial charge in [-0.3, -0.25) is 14.2 Å². The second kappa shape index (κ2) is 10.1. The van der Waals surface area contributed by atoms with E-state index in [-0.39, 0.29) is 22.1 Å². The minimum atomic E-state index is -3.49. The van der Waals surface area contributed by atoms with Crippen LogP contribution in [0.1, 0.15) is 26.2 Å². The third kappa shape index (κ3) is 5.13.